The minimum absolute atomic E-state index is 0.125. The molecule has 166 valence electrons. The molecule has 0 aliphatic carbocycles. The summed E-state index contributed by atoms with van der Waals surface area (Å²) in [7, 11) is 0. The van der Waals surface area contributed by atoms with E-state index in [0.29, 0.717) is 22.0 Å². The standard InChI is InChI=1S/C24H16Cl3N3O3/c1-13-5-2-3-8-18(13)29-22(31)14-6-4-7-16(11-14)28-21-20(27)23(32)30(24(21)33)19-12-15(25)9-10-17(19)26/h2-12,28H,1H3,(H,29,31). The van der Waals surface area contributed by atoms with Gasteiger partial charge in [-0.3, -0.25) is 14.4 Å². The summed E-state index contributed by atoms with van der Waals surface area (Å²) in [6, 6.07) is 18.3. The number of halogens is 3. The maximum atomic E-state index is 13.0. The van der Waals surface area contributed by atoms with Crippen LogP contribution >= 0.6 is 34.8 Å². The predicted molar refractivity (Wildman–Crippen MR) is 131 cm³/mol. The molecule has 0 radical (unpaired) electrons. The van der Waals surface area contributed by atoms with Crippen molar-refractivity contribution in [3.8, 4) is 0 Å². The largest absolute Gasteiger partial charge is 0.350 e. The SMILES string of the molecule is Cc1ccccc1NC(=O)c1cccc(NC2=C(Cl)C(=O)N(c3cc(Cl)ccc3Cl)C2=O)c1. The fraction of sp³-hybridized carbons (Fsp3) is 0.0417. The van der Waals surface area contributed by atoms with Gasteiger partial charge < -0.3 is 10.6 Å². The van der Waals surface area contributed by atoms with E-state index in [2.05, 4.69) is 10.6 Å². The molecule has 4 rings (SSSR count). The van der Waals surface area contributed by atoms with E-state index in [0.717, 1.165) is 10.5 Å². The van der Waals surface area contributed by atoms with E-state index in [1.54, 1.807) is 36.4 Å². The van der Waals surface area contributed by atoms with E-state index in [1.165, 1.54) is 12.1 Å². The Hall–Kier alpha value is -3.32. The zero-order valence-corrected chi connectivity index (χ0v) is 19.4. The maximum absolute atomic E-state index is 13.0. The Balaban J connectivity index is 1.57. The first-order valence-electron chi connectivity index (χ1n) is 9.74. The third-order valence-corrected chi connectivity index (χ3v) is 5.87. The van der Waals surface area contributed by atoms with E-state index in [-0.39, 0.29) is 27.3 Å². The maximum Gasteiger partial charge on any atom is 0.283 e. The summed E-state index contributed by atoms with van der Waals surface area (Å²) in [5, 5.41) is 5.88. The molecule has 0 fully saturated rings. The van der Waals surface area contributed by atoms with E-state index in [4.69, 9.17) is 34.8 Å². The molecule has 2 N–H and O–H groups in total. The highest BCUT2D eigenvalue weighted by Gasteiger charge is 2.40. The van der Waals surface area contributed by atoms with Crippen LogP contribution in [-0.4, -0.2) is 17.7 Å². The molecule has 1 heterocycles. The topological polar surface area (TPSA) is 78.5 Å². The molecule has 0 spiro atoms. The molecule has 0 bridgehead atoms. The Bertz CT molecular complexity index is 1340. The molecular formula is C24H16Cl3N3O3. The summed E-state index contributed by atoms with van der Waals surface area (Å²) in [5.74, 6) is -1.75. The van der Waals surface area contributed by atoms with Gasteiger partial charge in [-0.05, 0) is 55.0 Å². The van der Waals surface area contributed by atoms with Crippen molar-refractivity contribution in [1.82, 2.24) is 0 Å². The van der Waals surface area contributed by atoms with Gasteiger partial charge in [0.05, 0.1) is 10.7 Å². The van der Waals surface area contributed by atoms with E-state index in [1.807, 2.05) is 25.1 Å². The molecule has 0 saturated heterocycles. The van der Waals surface area contributed by atoms with Crippen LogP contribution in [0.5, 0.6) is 0 Å². The summed E-state index contributed by atoms with van der Waals surface area (Å²) >= 11 is 18.4. The van der Waals surface area contributed by atoms with Crippen LogP contribution in [0, 0.1) is 6.92 Å². The van der Waals surface area contributed by atoms with Crippen LogP contribution in [0.25, 0.3) is 0 Å². The van der Waals surface area contributed by atoms with Crippen LogP contribution in [0.2, 0.25) is 10.0 Å². The number of amides is 3. The van der Waals surface area contributed by atoms with Gasteiger partial charge in [0.2, 0.25) is 0 Å². The van der Waals surface area contributed by atoms with Gasteiger partial charge in [0, 0.05) is 22.0 Å². The first kappa shape index (κ1) is 22.9. The third kappa shape index (κ3) is 4.59. The first-order valence-corrected chi connectivity index (χ1v) is 10.9. The molecule has 6 nitrogen and oxygen atoms in total. The number of benzene rings is 3. The van der Waals surface area contributed by atoms with Crippen molar-refractivity contribution in [2.75, 3.05) is 15.5 Å². The lowest BCUT2D eigenvalue weighted by molar-refractivity contribution is -0.120. The quantitative estimate of drug-likeness (QED) is 0.422. The molecular weight excluding hydrogens is 485 g/mol. The molecule has 0 aromatic heterocycles. The Kier molecular flexibility index (Phi) is 6.42. The fourth-order valence-corrected chi connectivity index (χ4v) is 3.86. The van der Waals surface area contributed by atoms with Gasteiger partial charge in [-0.25, -0.2) is 4.90 Å². The lowest BCUT2D eigenvalue weighted by atomic mass is 10.1. The van der Waals surface area contributed by atoms with Crippen molar-refractivity contribution in [3.05, 3.63) is 98.6 Å². The number of hydrogen-bond donors (Lipinski definition) is 2. The first-order chi connectivity index (χ1) is 15.8. The molecule has 1 aliphatic rings. The Morgan fingerprint density at radius 3 is 2.39 bits per heavy atom. The minimum atomic E-state index is -0.734. The number of carbonyl (C=O) groups excluding carboxylic acids is 3. The fourth-order valence-electron chi connectivity index (χ4n) is 3.28. The monoisotopic (exact) mass is 499 g/mol. The lowest BCUT2D eigenvalue weighted by Crippen LogP contribution is -2.32. The average molecular weight is 501 g/mol. The third-order valence-electron chi connectivity index (χ3n) is 4.96. The second-order valence-corrected chi connectivity index (χ2v) is 8.43. The number of rotatable bonds is 5. The average Bonchev–Trinajstić information content (AvgIpc) is 3.00. The van der Waals surface area contributed by atoms with Gasteiger partial charge in [0.15, 0.2) is 0 Å². The van der Waals surface area contributed by atoms with Crippen LogP contribution in [-0.2, 0) is 9.59 Å². The summed E-state index contributed by atoms with van der Waals surface area (Å²) in [4.78, 5) is 39.3. The highest BCUT2D eigenvalue weighted by atomic mass is 35.5. The molecule has 3 aromatic carbocycles. The van der Waals surface area contributed by atoms with Crippen molar-refractivity contribution >= 4 is 69.6 Å². The van der Waals surface area contributed by atoms with Gasteiger partial charge in [-0.15, -0.1) is 0 Å². The van der Waals surface area contributed by atoms with Crippen molar-refractivity contribution in [2.45, 2.75) is 6.92 Å². The Morgan fingerprint density at radius 2 is 1.64 bits per heavy atom. The molecule has 3 aromatic rings. The van der Waals surface area contributed by atoms with Crippen LogP contribution in [0.3, 0.4) is 0 Å². The smallest absolute Gasteiger partial charge is 0.283 e. The summed E-state index contributed by atoms with van der Waals surface area (Å²) in [6.07, 6.45) is 0. The van der Waals surface area contributed by atoms with E-state index in [9.17, 15) is 14.4 Å². The number of para-hydroxylation sites is 1. The predicted octanol–water partition coefficient (Wildman–Crippen LogP) is 5.99. The number of anilines is 3. The zero-order valence-electron chi connectivity index (χ0n) is 17.2. The van der Waals surface area contributed by atoms with Gasteiger partial charge >= 0.3 is 0 Å². The van der Waals surface area contributed by atoms with Gasteiger partial charge in [-0.2, -0.15) is 0 Å². The van der Waals surface area contributed by atoms with Crippen molar-refractivity contribution < 1.29 is 14.4 Å². The van der Waals surface area contributed by atoms with Gasteiger partial charge in [0.1, 0.15) is 10.7 Å². The Morgan fingerprint density at radius 1 is 0.879 bits per heavy atom. The highest BCUT2D eigenvalue weighted by molar-refractivity contribution is 6.54. The van der Waals surface area contributed by atoms with E-state index < -0.39 is 11.8 Å². The number of aryl methyl sites for hydroxylation is 1. The summed E-state index contributed by atoms with van der Waals surface area (Å²) in [6.45, 7) is 1.89. The van der Waals surface area contributed by atoms with Crippen LogP contribution in [0.1, 0.15) is 15.9 Å². The van der Waals surface area contributed by atoms with Crippen LogP contribution < -0.4 is 15.5 Å². The van der Waals surface area contributed by atoms with E-state index >= 15 is 0 Å². The summed E-state index contributed by atoms with van der Waals surface area (Å²) in [5.41, 5.74) is 2.37. The van der Waals surface area contributed by atoms with Crippen LogP contribution in [0.15, 0.2) is 77.5 Å². The molecule has 0 unspecified atom stereocenters. The second kappa shape index (κ2) is 9.27. The zero-order chi connectivity index (χ0) is 23.7. The molecule has 1 aliphatic heterocycles. The highest BCUT2D eigenvalue weighted by Crippen LogP contribution is 2.35. The summed E-state index contributed by atoms with van der Waals surface area (Å²) < 4.78 is 0. The van der Waals surface area contributed by atoms with Crippen molar-refractivity contribution in [2.24, 2.45) is 0 Å². The number of imide groups is 1. The molecule has 9 heteroatoms. The molecule has 33 heavy (non-hydrogen) atoms. The molecule has 0 saturated carbocycles. The van der Waals surface area contributed by atoms with Crippen molar-refractivity contribution in [3.63, 3.8) is 0 Å². The lowest BCUT2D eigenvalue weighted by Gasteiger charge is -2.17. The Labute approximate surface area is 204 Å². The van der Waals surface area contributed by atoms with Crippen LogP contribution in [0.4, 0.5) is 17.1 Å². The number of carbonyl (C=O) groups is 3. The number of nitrogens with zero attached hydrogens (tertiary/aromatic N) is 1. The van der Waals surface area contributed by atoms with Gasteiger partial charge in [0.25, 0.3) is 17.7 Å². The number of hydrogen-bond acceptors (Lipinski definition) is 4. The van der Waals surface area contributed by atoms with Crippen molar-refractivity contribution in [1.29, 1.82) is 0 Å². The van der Waals surface area contributed by atoms with Gasteiger partial charge in [-0.1, -0.05) is 59.1 Å². The normalized spacial score (nSPS) is 13.5. The minimum Gasteiger partial charge on any atom is -0.350 e. The molecule has 0 atom stereocenters. The second-order valence-electron chi connectivity index (χ2n) is 7.21. The molecule has 3 amide bonds. The number of nitrogens with one attached hydrogen (secondary N) is 2.